The summed E-state index contributed by atoms with van der Waals surface area (Å²) in [5, 5.41) is 9.14. The van der Waals surface area contributed by atoms with Gasteiger partial charge in [0.15, 0.2) is 17.3 Å². The van der Waals surface area contributed by atoms with E-state index in [0.717, 1.165) is 56.8 Å². The molecule has 2 heterocycles. The van der Waals surface area contributed by atoms with Gasteiger partial charge in [-0.2, -0.15) is 0 Å². The average Bonchev–Trinajstić information content (AvgIpc) is 3.21. The van der Waals surface area contributed by atoms with E-state index in [-0.39, 0.29) is 12.5 Å². The third-order valence-corrected chi connectivity index (χ3v) is 5.84. The highest BCUT2D eigenvalue weighted by molar-refractivity contribution is 5.48. The van der Waals surface area contributed by atoms with Gasteiger partial charge in [0.1, 0.15) is 0 Å². The van der Waals surface area contributed by atoms with Crippen LogP contribution in [0.3, 0.4) is 0 Å². The maximum absolute atomic E-state index is 9.14. The highest BCUT2D eigenvalue weighted by atomic mass is 16.7. The van der Waals surface area contributed by atoms with E-state index in [9.17, 15) is 0 Å². The van der Waals surface area contributed by atoms with E-state index in [4.69, 9.17) is 24.1 Å². The molecule has 2 aliphatic heterocycles. The number of aliphatic hydroxyl groups excluding tert-OH is 1. The molecule has 1 fully saturated rings. The Labute approximate surface area is 176 Å². The van der Waals surface area contributed by atoms with Gasteiger partial charge in [0.2, 0.25) is 0 Å². The predicted molar refractivity (Wildman–Crippen MR) is 115 cm³/mol. The van der Waals surface area contributed by atoms with Gasteiger partial charge >= 0.3 is 0 Å². The minimum Gasteiger partial charge on any atom is -0.493 e. The van der Waals surface area contributed by atoms with Gasteiger partial charge in [-0.1, -0.05) is 20.3 Å². The number of unbranched alkanes of at least 4 members (excludes halogenated alkanes) is 1. The Morgan fingerprint density at radius 3 is 2.28 bits per heavy atom. The molecular formula is C23H39NO5. The second-order valence-electron chi connectivity index (χ2n) is 7.59. The largest absolute Gasteiger partial charge is 0.493 e. The lowest BCUT2D eigenvalue weighted by Gasteiger charge is -2.38. The fraction of sp³-hybridized carbons (Fsp3) is 0.739. The topological polar surface area (TPSA) is 60.4 Å². The molecule has 166 valence electrons. The van der Waals surface area contributed by atoms with Crippen LogP contribution in [0.2, 0.25) is 0 Å². The zero-order valence-electron chi connectivity index (χ0n) is 18.8. The molecule has 0 saturated carbocycles. The number of fused-ring (bicyclic) bond motifs is 1. The molecule has 0 aliphatic carbocycles. The molecule has 1 aromatic rings. The molecule has 1 atom stereocenters. The Morgan fingerprint density at radius 2 is 1.69 bits per heavy atom. The van der Waals surface area contributed by atoms with Crippen LogP contribution in [0.1, 0.15) is 51.2 Å². The van der Waals surface area contributed by atoms with Crippen molar-refractivity contribution in [3.05, 3.63) is 23.3 Å². The maximum Gasteiger partial charge on any atom is 0.169 e. The number of aliphatic hydroxyl groups is 1. The molecule has 1 aromatic carbocycles. The first-order chi connectivity index (χ1) is 14.1. The monoisotopic (exact) mass is 409 g/mol. The van der Waals surface area contributed by atoms with Crippen LogP contribution in [-0.4, -0.2) is 62.9 Å². The molecule has 6 heteroatoms. The van der Waals surface area contributed by atoms with Gasteiger partial charge in [0.25, 0.3) is 0 Å². The molecule has 0 spiro atoms. The zero-order chi connectivity index (χ0) is 21.3. The molecule has 1 N–H and O–H groups in total. The molecule has 1 saturated heterocycles. The van der Waals surface area contributed by atoms with E-state index in [1.165, 1.54) is 11.1 Å². The third kappa shape index (κ3) is 6.07. The van der Waals surface area contributed by atoms with Crippen LogP contribution in [0.5, 0.6) is 11.5 Å². The molecule has 6 nitrogen and oxygen atoms in total. The first-order valence-electron chi connectivity index (χ1n) is 10.9. The summed E-state index contributed by atoms with van der Waals surface area (Å²) in [5.41, 5.74) is 2.63. The second-order valence-corrected chi connectivity index (χ2v) is 7.59. The van der Waals surface area contributed by atoms with Crippen molar-refractivity contribution in [1.29, 1.82) is 0 Å². The van der Waals surface area contributed by atoms with Crippen molar-refractivity contribution in [3.63, 3.8) is 0 Å². The van der Waals surface area contributed by atoms with Crippen LogP contribution < -0.4 is 9.47 Å². The van der Waals surface area contributed by atoms with Crippen LogP contribution in [0.15, 0.2) is 12.1 Å². The molecule has 3 rings (SSSR count). The van der Waals surface area contributed by atoms with Gasteiger partial charge in [-0.3, -0.25) is 4.90 Å². The number of nitrogens with zero attached hydrogens (tertiary/aromatic N) is 1. The van der Waals surface area contributed by atoms with Gasteiger partial charge < -0.3 is 24.1 Å². The minimum absolute atomic E-state index is 0.240. The Hall–Kier alpha value is -1.34. The van der Waals surface area contributed by atoms with Crippen molar-refractivity contribution in [2.45, 2.75) is 58.8 Å². The van der Waals surface area contributed by atoms with Gasteiger partial charge in [0, 0.05) is 32.2 Å². The number of rotatable bonds is 9. The Kier molecular flexibility index (Phi) is 9.69. The summed E-state index contributed by atoms with van der Waals surface area (Å²) >= 11 is 0. The molecule has 0 bridgehead atoms. The highest BCUT2D eigenvalue weighted by Crippen LogP contribution is 2.36. The summed E-state index contributed by atoms with van der Waals surface area (Å²) in [6.07, 6.45) is 3.80. The minimum atomic E-state index is -0.521. The van der Waals surface area contributed by atoms with Crippen molar-refractivity contribution in [3.8, 4) is 11.5 Å². The van der Waals surface area contributed by atoms with Crippen LogP contribution in [0, 0.1) is 5.92 Å². The van der Waals surface area contributed by atoms with Crippen LogP contribution >= 0.6 is 0 Å². The van der Waals surface area contributed by atoms with Crippen molar-refractivity contribution < 1.29 is 24.1 Å². The van der Waals surface area contributed by atoms with E-state index >= 15 is 0 Å². The van der Waals surface area contributed by atoms with Crippen molar-refractivity contribution >= 4 is 0 Å². The normalized spacial score (nSPS) is 19.1. The predicted octanol–water partition coefficient (Wildman–Crippen LogP) is 3.63. The molecule has 1 unspecified atom stereocenters. The summed E-state index contributed by atoms with van der Waals surface area (Å²) in [5.74, 6) is 1.35. The average molecular weight is 410 g/mol. The second kappa shape index (κ2) is 11.7. The zero-order valence-corrected chi connectivity index (χ0v) is 18.8. The Bertz CT molecular complexity index is 616. The van der Waals surface area contributed by atoms with Crippen LogP contribution in [0.25, 0.3) is 0 Å². The maximum atomic E-state index is 9.14. The number of benzene rings is 1. The Morgan fingerprint density at radius 1 is 1.07 bits per heavy atom. The molecule has 29 heavy (non-hydrogen) atoms. The highest BCUT2D eigenvalue weighted by Gasteiger charge is 2.40. The number of hydrogen-bond acceptors (Lipinski definition) is 6. The van der Waals surface area contributed by atoms with Gasteiger partial charge in [-0.15, -0.1) is 0 Å². The van der Waals surface area contributed by atoms with E-state index in [1.54, 1.807) is 14.2 Å². The molecule has 0 aromatic heterocycles. The molecular weight excluding hydrogens is 370 g/mol. The van der Waals surface area contributed by atoms with Gasteiger partial charge in [-0.05, 0) is 49.4 Å². The van der Waals surface area contributed by atoms with Gasteiger partial charge in [0.05, 0.1) is 27.4 Å². The van der Waals surface area contributed by atoms with Crippen LogP contribution in [-0.2, 0) is 22.4 Å². The fourth-order valence-corrected chi connectivity index (χ4v) is 4.20. The van der Waals surface area contributed by atoms with Gasteiger partial charge in [-0.25, -0.2) is 0 Å². The van der Waals surface area contributed by atoms with E-state index in [2.05, 4.69) is 24.0 Å². The smallest absolute Gasteiger partial charge is 0.169 e. The Balaban J connectivity index is 0.00000145. The van der Waals surface area contributed by atoms with E-state index < -0.39 is 5.79 Å². The molecule has 0 amide bonds. The summed E-state index contributed by atoms with van der Waals surface area (Å²) in [4.78, 5) is 2.48. The molecule has 2 aliphatic rings. The lowest BCUT2D eigenvalue weighted by atomic mass is 9.91. The third-order valence-electron chi connectivity index (χ3n) is 5.84. The van der Waals surface area contributed by atoms with E-state index in [0.29, 0.717) is 13.2 Å². The van der Waals surface area contributed by atoms with Crippen LogP contribution in [0.4, 0.5) is 0 Å². The van der Waals surface area contributed by atoms with Crippen molar-refractivity contribution in [2.24, 2.45) is 5.92 Å². The summed E-state index contributed by atoms with van der Waals surface area (Å²) in [6.45, 7) is 10.5. The first-order valence-corrected chi connectivity index (χ1v) is 10.9. The van der Waals surface area contributed by atoms with E-state index in [1.807, 2.05) is 13.8 Å². The summed E-state index contributed by atoms with van der Waals surface area (Å²) in [7, 11) is 3.36. The lowest BCUT2D eigenvalue weighted by Crippen LogP contribution is -2.44. The summed E-state index contributed by atoms with van der Waals surface area (Å²) in [6, 6.07) is 4.21. The number of hydrogen-bond donors (Lipinski definition) is 1. The SMILES string of the molecule is CC.COc1cc2c(cc1OC)CN(CC(CCCCO)C1(C)OCCO1)CC2. The number of methoxy groups -OCH3 is 2. The molecule has 0 radical (unpaired) electrons. The standard InChI is InChI=1S/C21H33NO5.C2H6/c1-21(26-10-11-27-21)18(6-4-5-9-23)15-22-8-7-16-12-19(24-2)20(25-3)13-17(16)14-22;1-2/h12-13,18,23H,4-11,14-15H2,1-3H3;1-2H3. The summed E-state index contributed by atoms with van der Waals surface area (Å²) < 4.78 is 22.8. The van der Waals surface area contributed by atoms with Crippen molar-refractivity contribution in [2.75, 3.05) is 47.1 Å². The van der Waals surface area contributed by atoms with Crippen molar-refractivity contribution in [1.82, 2.24) is 4.90 Å². The first kappa shape index (κ1) is 23.9. The fourth-order valence-electron chi connectivity index (χ4n) is 4.20. The number of ether oxygens (including phenoxy) is 4. The lowest BCUT2D eigenvalue weighted by molar-refractivity contribution is -0.187. The quantitative estimate of drug-likeness (QED) is 0.629.